The van der Waals surface area contributed by atoms with Crippen LogP contribution in [0.15, 0.2) is 53.0 Å². The molecule has 0 radical (unpaired) electrons. The zero-order valence-corrected chi connectivity index (χ0v) is 16.5. The molecule has 1 heterocycles. The largest absolute Gasteiger partial charge is 0.497 e. The lowest BCUT2D eigenvalue weighted by molar-refractivity contribution is 0.239. The average Bonchev–Trinajstić information content (AvgIpc) is 3.14. The molecule has 6 heteroatoms. The van der Waals surface area contributed by atoms with Crippen LogP contribution in [0.2, 0.25) is 0 Å². The summed E-state index contributed by atoms with van der Waals surface area (Å²) < 4.78 is 6.31. The Morgan fingerprint density at radius 1 is 1.23 bits per heavy atom. The zero-order valence-electron chi connectivity index (χ0n) is 14.9. The van der Waals surface area contributed by atoms with Crippen LogP contribution in [-0.4, -0.2) is 32.8 Å². The highest BCUT2D eigenvalue weighted by molar-refractivity contribution is 9.10. The number of methoxy groups -OCH3 is 1. The topological polar surface area (TPSA) is 53.6 Å². The van der Waals surface area contributed by atoms with Gasteiger partial charge in [-0.1, -0.05) is 34.1 Å². The Labute approximate surface area is 162 Å². The van der Waals surface area contributed by atoms with E-state index in [0.717, 1.165) is 35.3 Å². The standard InChI is InChI=1S/C20H24BrN3O2/c1-26-19-7-3-6-18(11-19)24-9-8-16(14-24)13-23-20(25)22-12-15-4-2-5-17(21)10-15/h2-7,10-11,16H,8-9,12-14H2,1H3,(H2,22,23,25). The van der Waals surface area contributed by atoms with Crippen molar-refractivity contribution in [3.63, 3.8) is 0 Å². The van der Waals surface area contributed by atoms with Crippen LogP contribution in [0, 0.1) is 5.92 Å². The van der Waals surface area contributed by atoms with Crippen LogP contribution in [0.25, 0.3) is 0 Å². The van der Waals surface area contributed by atoms with Crippen LogP contribution >= 0.6 is 15.9 Å². The van der Waals surface area contributed by atoms with E-state index in [1.54, 1.807) is 7.11 Å². The summed E-state index contributed by atoms with van der Waals surface area (Å²) in [5.41, 5.74) is 2.24. The highest BCUT2D eigenvalue weighted by Crippen LogP contribution is 2.26. The van der Waals surface area contributed by atoms with Gasteiger partial charge in [0.15, 0.2) is 0 Å². The summed E-state index contributed by atoms with van der Waals surface area (Å²) in [7, 11) is 1.68. The van der Waals surface area contributed by atoms with E-state index >= 15 is 0 Å². The maximum absolute atomic E-state index is 12.0. The molecule has 2 aromatic carbocycles. The maximum Gasteiger partial charge on any atom is 0.315 e. The molecule has 26 heavy (non-hydrogen) atoms. The smallest absolute Gasteiger partial charge is 0.315 e. The van der Waals surface area contributed by atoms with Crippen molar-refractivity contribution in [1.29, 1.82) is 0 Å². The molecular weight excluding hydrogens is 394 g/mol. The second kappa shape index (κ2) is 8.94. The van der Waals surface area contributed by atoms with Gasteiger partial charge >= 0.3 is 6.03 Å². The molecule has 1 atom stereocenters. The lowest BCUT2D eigenvalue weighted by atomic mass is 10.1. The molecule has 1 unspecified atom stereocenters. The SMILES string of the molecule is COc1cccc(N2CCC(CNC(=O)NCc3cccc(Br)c3)C2)c1. The molecule has 1 aliphatic heterocycles. The number of carbonyl (C=O) groups excluding carboxylic acids is 1. The molecule has 1 fully saturated rings. The summed E-state index contributed by atoms with van der Waals surface area (Å²) in [6, 6.07) is 15.9. The van der Waals surface area contributed by atoms with Gasteiger partial charge in [-0.15, -0.1) is 0 Å². The first-order valence-corrected chi connectivity index (χ1v) is 9.58. The van der Waals surface area contributed by atoms with Crippen molar-refractivity contribution in [3.05, 3.63) is 58.6 Å². The predicted octanol–water partition coefficient (Wildman–Crippen LogP) is 3.78. The summed E-state index contributed by atoms with van der Waals surface area (Å²) in [6.07, 6.45) is 1.07. The minimum absolute atomic E-state index is 0.121. The first kappa shape index (κ1) is 18.6. The molecule has 138 valence electrons. The number of carbonyl (C=O) groups is 1. The fraction of sp³-hybridized carbons (Fsp3) is 0.350. The number of hydrogen-bond acceptors (Lipinski definition) is 3. The molecule has 3 rings (SSSR count). The molecule has 2 amide bonds. The van der Waals surface area contributed by atoms with E-state index in [4.69, 9.17) is 4.74 Å². The molecule has 1 saturated heterocycles. The van der Waals surface area contributed by atoms with Crippen molar-refractivity contribution >= 4 is 27.6 Å². The number of amides is 2. The molecule has 0 aromatic heterocycles. The molecule has 2 aromatic rings. The van der Waals surface area contributed by atoms with Crippen molar-refractivity contribution in [2.75, 3.05) is 31.6 Å². The molecule has 0 saturated carbocycles. The molecular formula is C20H24BrN3O2. The number of nitrogens with zero attached hydrogens (tertiary/aromatic N) is 1. The van der Waals surface area contributed by atoms with Crippen LogP contribution < -0.4 is 20.3 Å². The minimum atomic E-state index is -0.121. The van der Waals surface area contributed by atoms with Gasteiger partial charge in [0.25, 0.3) is 0 Å². The third-order valence-electron chi connectivity index (χ3n) is 4.60. The highest BCUT2D eigenvalue weighted by atomic mass is 79.9. The van der Waals surface area contributed by atoms with Gasteiger partial charge in [-0.05, 0) is 42.2 Å². The summed E-state index contributed by atoms with van der Waals surface area (Å²) >= 11 is 3.44. The van der Waals surface area contributed by atoms with E-state index in [0.29, 0.717) is 19.0 Å². The van der Waals surface area contributed by atoms with Gasteiger partial charge in [-0.25, -0.2) is 4.79 Å². The van der Waals surface area contributed by atoms with Crippen LogP contribution in [0.4, 0.5) is 10.5 Å². The normalized spacial score (nSPS) is 16.4. The van der Waals surface area contributed by atoms with Crippen LogP contribution in [0.1, 0.15) is 12.0 Å². The maximum atomic E-state index is 12.0. The first-order chi connectivity index (χ1) is 12.6. The van der Waals surface area contributed by atoms with E-state index < -0.39 is 0 Å². The first-order valence-electron chi connectivity index (χ1n) is 8.79. The molecule has 2 N–H and O–H groups in total. The van der Waals surface area contributed by atoms with Crippen LogP contribution in [-0.2, 0) is 6.54 Å². The zero-order chi connectivity index (χ0) is 18.4. The predicted molar refractivity (Wildman–Crippen MR) is 108 cm³/mol. The van der Waals surface area contributed by atoms with Gasteiger partial charge in [0.1, 0.15) is 5.75 Å². The number of urea groups is 1. The van der Waals surface area contributed by atoms with Crippen molar-refractivity contribution in [1.82, 2.24) is 10.6 Å². The van der Waals surface area contributed by atoms with E-state index in [1.165, 1.54) is 5.69 Å². The Kier molecular flexibility index (Phi) is 6.39. The molecule has 1 aliphatic rings. The Bertz CT molecular complexity index is 753. The number of halogens is 1. The molecule has 0 aliphatic carbocycles. The van der Waals surface area contributed by atoms with E-state index in [9.17, 15) is 4.79 Å². The number of ether oxygens (including phenoxy) is 1. The Morgan fingerprint density at radius 3 is 2.88 bits per heavy atom. The van der Waals surface area contributed by atoms with Gasteiger partial charge in [-0.2, -0.15) is 0 Å². The Morgan fingerprint density at radius 2 is 2.08 bits per heavy atom. The Hall–Kier alpha value is -2.21. The number of anilines is 1. The number of nitrogens with one attached hydrogen (secondary N) is 2. The molecule has 0 spiro atoms. The minimum Gasteiger partial charge on any atom is -0.497 e. The quantitative estimate of drug-likeness (QED) is 0.751. The second-order valence-corrected chi connectivity index (χ2v) is 7.41. The van der Waals surface area contributed by atoms with Gasteiger partial charge in [0, 0.05) is 42.4 Å². The van der Waals surface area contributed by atoms with E-state index in [1.807, 2.05) is 36.4 Å². The molecule has 5 nitrogen and oxygen atoms in total. The van der Waals surface area contributed by atoms with Gasteiger partial charge in [0.2, 0.25) is 0 Å². The van der Waals surface area contributed by atoms with Crippen molar-refractivity contribution in [2.24, 2.45) is 5.92 Å². The fourth-order valence-electron chi connectivity index (χ4n) is 3.17. The van der Waals surface area contributed by atoms with Gasteiger partial charge in [0.05, 0.1) is 7.11 Å². The van der Waals surface area contributed by atoms with E-state index in [-0.39, 0.29) is 6.03 Å². The van der Waals surface area contributed by atoms with E-state index in [2.05, 4.69) is 43.6 Å². The van der Waals surface area contributed by atoms with Crippen molar-refractivity contribution in [2.45, 2.75) is 13.0 Å². The monoisotopic (exact) mass is 417 g/mol. The van der Waals surface area contributed by atoms with Crippen LogP contribution in [0.3, 0.4) is 0 Å². The van der Waals surface area contributed by atoms with Gasteiger partial charge in [-0.3, -0.25) is 0 Å². The number of benzene rings is 2. The summed E-state index contributed by atoms with van der Waals surface area (Å²) in [6.45, 7) is 3.15. The lowest BCUT2D eigenvalue weighted by Crippen LogP contribution is -2.38. The number of hydrogen-bond donors (Lipinski definition) is 2. The van der Waals surface area contributed by atoms with Crippen molar-refractivity contribution < 1.29 is 9.53 Å². The lowest BCUT2D eigenvalue weighted by Gasteiger charge is -2.19. The summed E-state index contributed by atoms with van der Waals surface area (Å²) in [5, 5.41) is 5.90. The highest BCUT2D eigenvalue weighted by Gasteiger charge is 2.23. The molecule has 0 bridgehead atoms. The van der Waals surface area contributed by atoms with Gasteiger partial charge < -0.3 is 20.3 Å². The van der Waals surface area contributed by atoms with Crippen LogP contribution in [0.5, 0.6) is 5.75 Å². The third-order valence-corrected chi connectivity index (χ3v) is 5.09. The fourth-order valence-corrected chi connectivity index (χ4v) is 3.62. The average molecular weight is 418 g/mol. The third kappa shape index (κ3) is 5.14. The van der Waals surface area contributed by atoms with Crippen molar-refractivity contribution in [3.8, 4) is 5.75 Å². The Balaban J connectivity index is 1.42. The number of rotatable bonds is 6. The summed E-state index contributed by atoms with van der Waals surface area (Å²) in [5.74, 6) is 1.33. The summed E-state index contributed by atoms with van der Waals surface area (Å²) in [4.78, 5) is 14.4. The second-order valence-electron chi connectivity index (χ2n) is 6.50.